The van der Waals surface area contributed by atoms with Gasteiger partial charge in [0.1, 0.15) is 0 Å². The third-order valence-corrected chi connectivity index (χ3v) is 4.29. The summed E-state index contributed by atoms with van der Waals surface area (Å²) in [6, 6.07) is 0.685. The Morgan fingerprint density at radius 3 is 2.25 bits per heavy atom. The van der Waals surface area contributed by atoms with Crippen LogP contribution in [0, 0.1) is 23.7 Å². The largest absolute Gasteiger partial charge is 0.330 e. The van der Waals surface area contributed by atoms with Crippen LogP contribution in [0.5, 0.6) is 0 Å². The maximum Gasteiger partial charge on any atom is 0.0107 e. The lowest BCUT2D eigenvalue weighted by Gasteiger charge is -2.28. The van der Waals surface area contributed by atoms with Crippen molar-refractivity contribution in [2.24, 2.45) is 29.4 Å². The molecule has 2 heteroatoms. The molecule has 16 heavy (non-hydrogen) atoms. The fourth-order valence-electron chi connectivity index (χ4n) is 3.12. The van der Waals surface area contributed by atoms with Crippen LogP contribution < -0.4 is 11.1 Å². The molecule has 0 spiro atoms. The van der Waals surface area contributed by atoms with Gasteiger partial charge in [0.25, 0.3) is 0 Å². The molecule has 0 aromatic carbocycles. The van der Waals surface area contributed by atoms with Crippen LogP contribution in [-0.4, -0.2) is 19.1 Å². The molecule has 3 N–H and O–H groups in total. The van der Waals surface area contributed by atoms with Crippen molar-refractivity contribution >= 4 is 0 Å². The van der Waals surface area contributed by atoms with Crippen molar-refractivity contribution in [3.63, 3.8) is 0 Å². The van der Waals surface area contributed by atoms with Gasteiger partial charge in [0.15, 0.2) is 0 Å². The van der Waals surface area contributed by atoms with Gasteiger partial charge in [0.2, 0.25) is 0 Å². The van der Waals surface area contributed by atoms with Gasteiger partial charge in [-0.3, -0.25) is 0 Å². The predicted molar refractivity (Wildman–Crippen MR) is 71.4 cm³/mol. The Balaban J connectivity index is 2.36. The first-order chi connectivity index (χ1) is 7.56. The Labute approximate surface area is 101 Å². The van der Waals surface area contributed by atoms with E-state index in [0.29, 0.717) is 6.04 Å². The molecule has 1 saturated carbocycles. The molecule has 1 aliphatic rings. The van der Waals surface area contributed by atoms with Gasteiger partial charge in [-0.1, -0.05) is 34.1 Å². The second-order valence-electron chi connectivity index (χ2n) is 6.09. The summed E-state index contributed by atoms with van der Waals surface area (Å²) in [5.41, 5.74) is 5.81. The van der Waals surface area contributed by atoms with Crippen LogP contribution in [0.1, 0.15) is 47.0 Å². The van der Waals surface area contributed by atoms with Gasteiger partial charge in [-0.25, -0.2) is 0 Å². The zero-order valence-electron chi connectivity index (χ0n) is 11.5. The average molecular weight is 226 g/mol. The molecule has 0 saturated heterocycles. The van der Waals surface area contributed by atoms with Crippen molar-refractivity contribution in [1.82, 2.24) is 5.32 Å². The van der Waals surface area contributed by atoms with Crippen molar-refractivity contribution in [3.8, 4) is 0 Å². The number of hydrogen-bond donors (Lipinski definition) is 2. The molecule has 0 bridgehead atoms. The molecule has 96 valence electrons. The van der Waals surface area contributed by atoms with Gasteiger partial charge in [-0.05, 0) is 49.6 Å². The molecule has 0 amide bonds. The van der Waals surface area contributed by atoms with Crippen LogP contribution in [0.15, 0.2) is 0 Å². The van der Waals surface area contributed by atoms with Gasteiger partial charge < -0.3 is 11.1 Å². The van der Waals surface area contributed by atoms with E-state index in [1.54, 1.807) is 0 Å². The highest BCUT2D eigenvalue weighted by Gasteiger charge is 2.27. The summed E-state index contributed by atoms with van der Waals surface area (Å²) in [7, 11) is 0. The highest BCUT2D eigenvalue weighted by molar-refractivity contribution is 4.84. The molecule has 1 aliphatic carbocycles. The standard InChI is InChI=1S/C14H30N2/c1-10(2)13(11(3)4)9-16-14-7-5-6-12(14)8-15/h10-14,16H,5-9,15H2,1-4H3. The Morgan fingerprint density at radius 1 is 1.12 bits per heavy atom. The lowest BCUT2D eigenvalue weighted by atomic mass is 9.85. The minimum atomic E-state index is 0.685. The number of rotatable bonds is 6. The maximum absolute atomic E-state index is 5.81. The molecule has 1 fully saturated rings. The van der Waals surface area contributed by atoms with E-state index in [-0.39, 0.29) is 0 Å². The van der Waals surface area contributed by atoms with E-state index in [1.807, 2.05) is 0 Å². The van der Waals surface area contributed by atoms with E-state index >= 15 is 0 Å². The third kappa shape index (κ3) is 3.74. The monoisotopic (exact) mass is 226 g/mol. The first kappa shape index (κ1) is 14.0. The quantitative estimate of drug-likeness (QED) is 0.730. The lowest BCUT2D eigenvalue weighted by Crippen LogP contribution is -2.40. The molecular weight excluding hydrogens is 196 g/mol. The number of nitrogens with one attached hydrogen (secondary N) is 1. The summed E-state index contributed by atoms with van der Waals surface area (Å²) < 4.78 is 0. The van der Waals surface area contributed by atoms with Gasteiger partial charge >= 0.3 is 0 Å². The average Bonchev–Trinajstić information content (AvgIpc) is 2.64. The third-order valence-electron chi connectivity index (χ3n) is 4.29. The maximum atomic E-state index is 5.81. The normalized spacial score (nSPS) is 26.2. The minimum absolute atomic E-state index is 0.685. The summed E-state index contributed by atoms with van der Waals surface area (Å²) in [6.45, 7) is 11.4. The van der Waals surface area contributed by atoms with E-state index < -0.39 is 0 Å². The van der Waals surface area contributed by atoms with E-state index in [0.717, 1.165) is 36.8 Å². The molecule has 2 nitrogen and oxygen atoms in total. The van der Waals surface area contributed by atoms with Gasteiger partial charge in [0.05, 0.1) is 0 Å². The summed E-state index contributed by atoms with van der Waals surface area (Å²) >= 11 is 0. The predicted octanol–water partition coefficient (Wildman–Crippen LogP) is 2.63. The van der Waals surface area contributed by atoms with Crippen LogP contribution >= 0.6 is 0 Å². The summed E-state index contributed by atoms with van der Waals surface area (Å²) in [5, 5.41) is 3.77. The Kier molecular flexibility index (Phi) is 5.77. The topological polar surface area (TPSA) is 38.0 Å². The van der Waals surface area contributed by atoms with Crippen LogP contribution in [0.2, 0.25) is 0 Å². The second-order valence-corrected chi connectivity index (χ2v) is 6.09. The SMILES string of the molecule is CC(C)C(CNC1CCCC1CN)C(C)C. The second kappa shape index (κ2) is 6.61. The van der Waals surface area contributed by atoms with E-state index in [9.17, 15) is 0 Å². The van der Waals surface area contributed by atoms with Crippen molar-refractivity contribution in [3.05, 3.63) is 0 Å². The fourth-order valence-corrected chi connectivity index (χ4v) is 3.12. The van der Waals surface area contributed by atoms with Crippen molar-refractivity contribution in [1.29, 1.82) is 0 Å². The van der Waals surface area contributed by atoms with Crippen molar-refractivity contribution < 1.29 is 0 Å². The van der Waals surface area contributed by atoms with Crippen molar-refractivity contribution in [2.75, 3.05) is 13.1 Å². The molecule has 0 radical (unpaired) electrons. The lowest BCUT2D eigenvalue weighted by molar-refractivity contribution is 0.255. The van der Waals surface area contributed by atoms with Crippen LogP contribution in [0.4, 0.5) is 0 Å². The van der Waals surface area contributed by atoms with E-state index in [2.05, 4.69) is 33.0 Å². The van der Waals surface area contributed by atoms with E-state index in [4.69, 9.17) is 5.73 Å². The van der Waals surface area contributed by atoms with Crippen LogP contribution in [-0.2, 0) is 0 Å². The zero-order valence-corrected chi connectivity index (χ0v) is 11.5. The molecule has 0 aromatic heterocycles. The minimum Gasteiger partial charge on any atom is -0.330 e. The van der Waals surface area contributed by atoms with E-state index in [1.165, 1.54) is 19.3 Å². The molecule has 0 aromatic rings. The van der Waals surface area contributed by atoms with Crippen LogP contribution in [0.25, 0.3) is 0 Å². The van der Waals surface area contributed by atoms with Gasteiger partial charge in [-0.2, -0.15) is 0 Å². The smallest absolute Gasteiger partial charge is 0.0107 e. The highest BCUT2D eigenvalue weighted by Crippen LogP contribution is 2.26. The first-order valence-corrected chi connectivity index (χ1v) is 6.99. The van der Waals surface area contributed by atoms with Crippen LogP contribution in [0.3, 0.4) is 0 Å². The summed E-state index contributed by atoms with van der Waals surface area (Å²) in [4.78, 5) is 0. The number of hydrogen-bond acceptors (Lipinski definition) is 2. The summed E-state index contributed by atoms with van der Waals surface area (Å²) in [6.07, 6.45) is 4.00. The number of nitrogens with two attached hydrogens (primary N) is 1. The van der Waals surface area contributed by atoms with Gasteiger partial charge in [0, 0.05) is 6.04 Å². The van der Waals surface area contributed by atoms with Crippen molar-refractivity contribution in [2.45, 2.75) is 53.0 Å². The Morgan fingerprint density at radius 2 is 1.75 bits per heavy atom. The molecule has 2 atom stereocenters. The zero-order chi connectivity index (χ0) is 12.1. The molecule has 2 unspecified atom stereocenters. The highest BCUT2D eigenvalue weighted by atomic mass is 14.9. The molecule has 1 rings (SSSR count). The molecule has 0 aliphatic heterocycles. The Bertz CT molecular complexity index is 181. The summed E-state index contributed by atoms with van der Waals surface area (Å²) in [5.74, 6) is 3.05. The first-order valence-electron chi connectivity index (χ1n) is 6.99. The van der Waals surface area contributed by atoms with Gasteiger partial charge in [-0.15, -0.1) is 0 Å². The fraction of sp³-hybridized carbons (Fsp3) is 1.00. The Hall–Kier alpha value is -0.0800. The molecule has 0 heterocycles. The molecular formula is C14H30N2.